The normalized spacial score (nSPS) is 12.0. The lowest BCUT2D eigenvalue weighted by Crippen LogP contribution is -2.09. The highest BCUT2D eigenvalue weighted by molar-refractivity contribution is 5.52. The van der Waals surface area contributed by atoms with Gasteiger partial charge in [0.15, 0.2) is 0 Å². The van der Waals surface area contributed by atoms with Gasteiger partial charge in [0.1, 0.15) is 6.33 Å². The second-order valence-corrected chi connectivity index (χ2v) is 4.82. The third-order valence-electron chi connectivity index (χ3n) is 3.41. The Hall–Kier alpha value is -2.69. The van der Waals surface area contributed by atoms with Crippen LogP contribution in [0.1, 0.15) is 24.9 Å². The van der Waals surface area contributed by atoms with Gasteiger partial charge in [-0.05, 0) is 40.6 Å². The van der Waals surface area contributed by atoms with Gasteiger partial charge in [-0.25, -0.2) is 4.68 Å². The molecule has 1 aromatic heterocycles. The molecule has 0 bridgehead atoms. The molecule has 0 aliphatic carbocycles. The van der Waals surface area contributed by atoms with Crippen LogP contribution in [-0.2, 0) is 0 Å². The van der Waals surface area contributed by atoms with Gasteiger partial charge in [0.05, 0.1) is 11.7 Å². The van der Waals surface area contributed by atoms with Gasteiger partial charge < -0.3 is 5.32 Å². The van der Waals surface area contributed by atoms with Crippen LogP contribution >= 0.6 is 0 Å². The molecule has 1 unspecified atom stereocenters. The Balaban J connectivity index is 1.82. The van der Waals surface area contributed by atoms with Crippen molar-refractivity contribution >= 4 is 5.69 Å². The molecular weight excluding hydrogens is 262 g/mol. The van der Waals surface area contributed by atoms with Gasteiger partial charge in [-0.3, -0.25) is 0 Å². The molecule has 106 valence electrons. The molecule has 1 atom stereocenters. The fraction of sp³-hybridized carbons (Fsp3) is 0.188. The molecule has 0 saturated carbocycles. The lowest BCUT2D eigenvalue weighted by molar-refractivity contribution is 0.748. The van der Waals surface area contributed by atoms with E-state index in [2.05, 4.69) is 58.1 Å². The van der Waals surface area contributed by atoms with Crippen LogP contribution in [0.2, 0.25) is 0 Å². The van der Waals surface area contributed by atoms with Crippen LogP contribution in [0.4, 0.5) is 5.69 Å². The zero-order valence-electron chi connectivity index (χ0n) is 11.8. The zero-order valence-corrected chi connectivity index (χ0v) is 11.8. The molecule has 0 saturated heterocycles. The molecule has 0 amide bonds. The summed E-state index contributed by atoms with van der Waals surface area (Å²) in [4.78, 5) is 0. The molecular formula is C16H17N5. The zero-order chi connectivity index (χ0) is 14.5. The van der Waals surface area contributed by atoms with E-state index in [4.69, 9.17) is 0 Å². The maximum Gasteiger partial charge on any atom is 0.143 e. The minimum absolute atomic E-state index is 0.287. The monoisotopic (exact) mass is 279 g/mol. The van der Waals surface area contributed by atoms with Gasteiger partial charge in [-0.2, -0.15) is 0 Å². The summed E-state index contributed by atoms with van der Waals surface area (Å²) < 4.78 is 1.65. The number of hydrogen-bond acceptors (Lipinski definition) is 4. The molecule has 5 nitrogen and oxygen atoms in total. The van der Waals surface area contributed by atoms with Crippen molar-refractivity contribution in [1.29, 1.82) is 0 Å². The standard InChI is InChI=1S/C16H17N5/c1-2-16(13-7-4-3-5-8-13)18-14-9-6-10-15(11-14)21-12-17-19-20-21/h3-12,16,18H,2H2,1H3. The van der Waals surface area contributed by atoms with Crippen LogP contribution in [0, 0.1) is 0 Å². The summed E-state index contributed by atoms with van der Waals surface area (Å²) in [6.45, 7) is 2.18. The Labute approximate surface area is 123 Å². The second kappa shape index (κ2) is 6.17. The highest BCUT2D eigenvalue weighted by Crippen LogP contribution is 2.23. The van der Waals surface area contributed by atoms with Crippen LogP contribution in [0.3, 0.4) is 0 Å². The van der Waals surface area contributed by atoms with Crippen LogP contribution in [-0.4, -0.2) is 20.2 Å². The van der Waals surface area contributed by atoms with Crippen molar-refractivity contribution in [2.45, 2.75) is 19.4 Å². The summed E-state index contributed by atoms with van der Waals surface area (Å²) in [5.41, 5.74) is 3.28. The van der Waals surface area contributed by atoms with Crippen LogP contribution in [0.25, 0.3) is 5.69 Å². The molecule has 0 radical (unpaired) electrons. The predicted molar refractivity (Wildman–Crippen MR) is 82.3 cm³/mol. The third-order valence-corrected chi connectivity index (χ3v) is 3.41. The average Bonchev–Trinajstić information content (AvgIpc) is 3.08. The molecule has 2 aromatic carbocycles. The van der Waals surface area contributed by atoms with E-state index >= 15 is 0 Å². The van der Waals surface area contributed by atoms with Crippen LogP contribution in [0.15, 0.2) is 60.9 Å². The predicted octanol–water partition coefficient (Wildman–Crippen LogP) is 3.23. The molecule has 3 aromatic rings. The Morgan fingerprint density at radius 1 is 1.10 bits per heavy atom. The Morgan fingerprint density at radius 2 is 1.95 bits per heavy atom. The maximum atomic E-state index is 3.91. The van der Waals surface area contributed by atoms with E-state index in [1.165, 1.54) is 5.56 Å². The van der Waals surface area contributed by atoms with E-state index in [0.29, 0.717) is 0 Å². The summed E-state index contributed by atoms with van der Waals surface area (Å²) in [5, 5.41) is 14.8. The van der Waals surface area contributed by atoms with Crippen LogP contribution < -0.4 is 5.32 Å². The summed E-state index contributed by atoms with van der Waals surface area (Å²) >= 11 is 0. The van der Waals surface area contributed by atoms with E-state index in [1.54, 1.807) is 11.0 Å². The summed E-state index contributed by atoms with van der Waals surface area (Å²) in [6, 6.07) is 18.8. The largest absolute Gasteiger partial charge is 0.378 e. The fourth-order valence-corrected chi connectivity index (χ4v) is 2.33. The quantitative estimate of drug-likeness (QED) is 0.779. The highest BCUT2D eigenvalue weighted by atomic mass is 15.5. The molecule has 21 heavy (non-hydrogen) atoms. The number of nitrogens with one attached hydrogen (secondary N) is 1. The van der Waals surface area contributed by atoms with Gasteiger partial charge in [0.2, 0.25) is 0 Å². The molecule has 1 heterocycles. The van der Waals surface area contributed by atoms with Crippen molar-refractivity contribution in [3.8, 4) is 5.69 Å². The summed E-state index contributed by atoms with van der Waals surface area (Å²) in [7, 11) is 0. The second-order valence-electron chi connectivity index (χ2n) is 4.82. The first-order valence-electron chi connectivity index (χ1n) is 7.01. The van der Waals surface area contributed by atoms with Gasteiger partial charge in [0, 0.05) is 5.69 Å². The van der Waals surface area contributed by atoms with Crippen molar-refractivity contribution in [3.63, 3.8) is 0 Å². The van der Waals surface area contributed by atoms with Crippen molar-refractivity contribution in [3.05, 3.63) is 66.5 Å². The lowest BCUT2D eigenvalue weighted by Gasteiger charge is -2.19. The average molecular weight is 279 g/mol. The molecule has 0 aliphatic rings. The molecule has 3 rings (SSSR count). The van der Waals surface area contributed by atoms with Gasteiger partial charge in [-0.15, -0.1) is 5.10 Å². The van der Waals surface area contributed by atoms with E-state index < -0.39 is 0 Å². The first-order chi connectivity index (χ1) is 10.4. The van der Waals surface area contributed by atoms with Crippen molar-refractivity contribution in [2.24, 2.45) is 0 Å². The van der Waals surface area contributed by atoms with Crippen LogP contribution in [0.5, 0.6) is 0 Å². The SMILES string of the molecule is CCC(Nc1cccc(-n2cnnn2)c1)c1ccccc1. The number of nitrogens with zero attached hydrogens (tertiary/aromatic N) is 4. The molecule has 0 spiro atoms. The molecule has 0 aliphatic heterocycles. The smallest absolute Gasteiger partial charge is 0.143 e. The van der Waals surface area contributed by atoms with Crippen molar-refractivity contribution < 1.29 is 0 Å². The summed E-state index contributed by atoms with van der Waals surface area (Å²) in [6.07, 6.45) is 2.60. The van der Waals surface area contributed by atoms with E-state index in [-0.39, 0.29) is 6.04 Å². The topological polar surface area (TPSA) is 55.6 Å². The minimum atomic E-state index is 0.287. The number of aromatic nitrogens is 4. The minimum Gasteiger partial charge on any atom is -0.378 e. The van der Waals surface area contributed by atoms with Gasteiger partial charge in [0.25, 0.3) is 0 Å². The highest BCUT2D eigenvalue weighted by Gasteiger charge is 2.09. The number of benzene rings is 2. The Bertz CT molecular complexity index is 679. The van der Waals surface area contributed by atoms with E-state index in [9.17, 15) is 0 Å². The first kappa shape index (κ1) is 13.3. The fourth-order valence-electron chi connectivity index (χ4n) is 2.33. The Morgan fingerprint density at radius 3 is 2.67 bits per heavy atom. The van der Waals surface area contributed by atoms with Crippen molar-refractivity contribution in [2.75, 3.05) is 5.32 Å². The number of hydrogen-bond donors (Lipinski definition) is 1. The number of tetrazole rings is 1. The van der Waals surface area contributed by atoms with Crippen molar-refractivity contribution in [1.82, 2.24) is 20.2 Å². The Kier molecular flexibility index (Phi) is 3.91. The first-order valence-corrected chi connectivity index (χ1v) is 7.01. The molecule has 5 heteroatoms. The van der Waals surface area contributed by atoms with Gasteiger partial charge in [-0.1, -0.05) is 43.3 Å². The van der Waals surface area contributed by atoms with E-state index in [0.717, 1.165) is 17.8 Å². The summed E-state index contributed by atoms with van der Waals surface area (Å²) in [5.74, 6) is 0. The lowest BCUT2D eigenvalue weighted by atomic mass is 10.0. The maximum absolute atomic E-state index is 3.91. The molecule has 0 fully saturated rings. The van der Waals surface area contributed by atoms with E-state index in [1.807, 2.05) is 24.3 Å². The van der Waals surface area contributed by atoms with Gasteiger partial charge >= 0.3 is 0 Å². The third kappa shape index (κ3) is 3.08. The number of anilines is 1. The molecule has 1 N–H and O–H groups in total. The number of rotatable bonds is 5.